The lowest BCUT2D eigenvalue weighted by molar-refractivity contribution is -0.173. The molecule has 1 amide bonds. The maximum atomic E-state index is 12.0. The van der Waals surface area contributed by atoms with E-state index in [2.05, 4.69) is 13.8 Å². The molecule has 0 atom stereocenters. The van der Waals surface area contributed by atoms with Crippen molar-refractivity contribution < 1.29 is 22.7 Å². The Kier molecular flexibility index (Phi) is 7.21. The number of ether oxygens (including phenoxy) is 1. The molecule has 0 aromatic heterocycles. The molecule has 0 unspecified atom stereocenters. The fourth-order valence-corrected chi connectivity index (χ4v) is 1.94. The van der Waals surface area contributed by atoms with Crippen LogP contribution in [0.15, 0.2) is 24.3 Å². The third-order valence-electron chi connectivity index (χ3n) is 3.06. The highest BCUT2D eigenvalue weighted by Gasteiger charge is 2.38. The summed E-state index contributed by atoms with van der Waals surface area (Å²) in [5.74, 6) is -0.682. The standard InChI is InChI=1S/C16H22F3NO2/c1-12(2)5-3-6-13-7-4-8-14(11-13)22-10-9-20-15(21)16(17,18)19/h4,7-8,11-12H,3,5-6,9-10H2,1-2H3,(H,20,21). The van der Waals surface area contributed by atoms with Crippen molar-refractivity contribution in [2.45, 2.75) is 39.3 Å². The largest absolute Gasteiger partial charge is 0.492 e. The van der Waals surface area contributed by atoms with Crippen LogP contribution in [0.3, 0.4) is 0 Å². The second-order valence-corrected chi connectivity index (χ2v) is 5.54. The number of amides is 1. The van der Waals surface area contributed by atoms with Crippen molar-refractivity contribution in [3.05, 3.63) is 29.8 Å². The number of hydrogen-bond acceptors (Lipinski definition) is 2. The Bertz CT molecular complexity index is 473. The minimum Gasteiger partial charge on any atom is -0.492 e. The van der Waals surface area contributed by atoms with Gasteiger partial charge in [-0.1, -0.05) is 32.4 Å². The predicted octanol–water partition coefficient (Wildman–Crippen LogP) is 3.72. The van der Waals surface area contributed by atoms with Gasteiger partial charge in [0.2, 0.25) is 0 Å². The quantitative estimate of drug-likeness (QED) is 0.742. The molecule has 124 valence electrons. The van der Waals surface area contributed by atoms with Crippen molar-refractivity contribution >= 4 is 5.91 Å². The van der Waals surface area contributed by atoms with Gasteiger partial charge in [0.1, 0.15) is 12.4 Å². The second-order valence-electron chi connectivity index (χ2n) is 5.54. The first-order valence-electron chi connectivity index (χ1n) is 7.36. The van der Waals surface area contributed by atoms with E-state index in [0.717, 1.165) is 24.8 Å². The summed E-state index contributed by atoms with van der Waals surface area (Å²) in [4.78, 5) is 10.6. The number of halogens is 3. The Labute approximate surface area is 128 Å². The van der Waals surface area contributed by atoms with Gasteiger partial charge in [0.15, 0.2) is 0 Å². The molecule has 0 saturated heterocycles. The number of alkyl halides is 3. The Morgan fingerprint density at radius 2 is 2.05 bits per heavy atom. The molecule has 22 heavy (non-hydrogen) atoms. The van der Waals surface area contributed by atoms with Gasteiger partial charge in [-0.3, -0.25) is 4.79 Å². The van der Waals surface area contributed by atoms with Crippen molar-refractivity contribution in [3.63, 3.8) is 0 Å². The highest BCUT2D eigenvalue weighted by atomic mass is 19.4. The number of carbonyl (C=O) groups excluding carboxylic acids is 1. The first-order valence-corrected chi connectivity index (χ1v) is 7.36. The molecule has 1 aromatic rings. The summed E-state index contributed by atoms with van der Waals surface area (Å²) in [5, 5.41) is 1.77. The molecule has 0 fully saturated rings. The van der Waals surface area contributed by atoms with E-state index in [9.17, 15) is 18.0 Å². The van der Waals surface area contributed by atoms with E-state index in [0.29, 0.717) is 11.7 Å². The molecule has 1 N–H and O–H groups in total. The van der Waals surface area contributed by atoms with Crippen LogP contribution in [0, 0.1) is 5.92 Å². The summed E-state index contributed by atoms with van der Waals surface area (Å²) in [6, 6.07) is 7.48. The zero-order valence-electron chi connectivity index (χ0n) is 12.9. The molecule has 0 aliphatic carbocycles. The zero-order chi connectivity index (χ0) is 16.6. The van der Waals surface area contributed by atoms with Gasteiger partial charge in [0.25, 0.3) is 0 Å². The molecular formula is C16H22F3NO2. The summed E-state index contributed by atoms with van der Waals surface area (Å²) in [6.45, 7) is 4.16. The minimum absolute atomic E-state index is 0.00271. The van der Waals surface area contributed by atoms with Crippen LogP contribution in [0.25, 0.3) is 0 Å². The van der Waals surface area contributed by atoms with Gasteiger partial charge < -0.3 is 10.1 Å². The SMILES string of the molecule is CC(C)CCCc1cccc(OCCNC(=O)C(F)(F)F)c1. The van der Waals surface area contributed by atoms with Gasteiger partial charge in [-0.25, -0.2) is 0 Å². The molecule has 1 aromatic carbocycles. The van der Waals surface area contributed by atoms with Crippen LogP contribution in [0.5, 0.6) is 5.75 Å². The number of rotatable bonds is 8. The normalized spacial score (nSPS) is 11.5. The van der Waals surface area contributed by atoms with Crippen LogP contribution in [-0.2, 0) is 11.2 Å². The van der Waals surface area contributed by atoms with E-state index in [4.69, 9.17) is 4.74 Å². The van der Waals surface area contributed by atoms with Gasteiger partial charge >= 0.3 is 12.1 Å². The van der Waals surface area contributed by atoms with Gasteiger partial charge in [-0.2, -0.15) is 13.2 Å². The molecule has 3 nitrogen and oxygen atoms in total. The maximum Gasteiger partial charge on any atom is 0.471 e. The lowest BCUT2D eigenvalue weighted by Gasteiger charge is -2.10. The topological polar surface area (TPSA) is 38.3 Å². The fourth-order valence-electron chi connectivity index (χ4n) is 1.94. The number of carbonyl (C=O) groups is 1. The van der Waals surface area contributed by atoms with Crippen molar-refractivity contribution in [1.29, 1.82) is 0 Å². The highest BCUT2D eigenvalue weighted by Crippen LogP contribution is 2.17. The highest BCUT2D eigenvalue weighted by molar-refractivity contribution is 5.81. The first kappa shape index (κ1) is 18.3. The number of nitrogens with one attached hydrogen (secondary N) is 1. The third-order valence-corrected chi connectivity index (χ3v) is 3.06. The Morgan fingerprint density at radius 1 is 1.32 bits per heavy atom. The van der Waals surface area contributed by atoms with Crippen LogP contribution < -0.4 is 10.1 Å². The van der Waals surface area contributed by atoms with E-state index in [1.807, 2.05) is 18.2 Å². The summed E-state index contributed by atoms with van der Waals surface area (Å²) in [6.07, 6.45) is -1.67. The number of aryl methyl sites for hydroxylation is 1. The molecule has 0 saturated carbocycles. The summed E-state index contributed by atoms with van der Waals surface area (Å²) in [7, 11) is 0. The van der Waals surface area contributed by atoms with Crippen LogP contribution in [0.4, 0.5) is 13.2 Å². The van der Waals surface area contributed by atoms with Gasteiger partial charge in [0, 0.05) is 0 Å². The van der Waals surface area contributed by atoms with E-state index >= 15 is 0 Å². The van der Waals surface area contributed by atoms with E-state index in [1.54, 1.807) is 11.4 Å². The fraction of sp³-hybridized carbons (Fsp3) is 0.562. The van der Waals surface area contributed by atoms with Crippen molar-refractivity contribution in [3.8, 4) is 5.75 Å². The summed E-state index contributed by atoms with van der Waals surface area (Å²) in [5.41, 5.74) is 1.14. The first-order chi connectivity index (χ1) is 10.3. The molecule has 0 heterocycles. The Hall–Kier alpha value is -1.72. The molecule has 0 spiro atoms. The third kappa shape index (κ3) is 7.33. The monoisotopic (exact) mass is 317 g/mol. The molecule has 6 heteroatoms. The van der Waals surface area contributed by atoms with Crippen LogP contribution in [0.2, 0.25) is 0 Å². The molecule has 0 radical (unpaired) electrons. The molecule has 0 bridgehead atoms. The molecule has 0 aliphatic rings. The Morgan fingerprint density at radius 3 is 2.68 bits per heavy atom. The molecular weight excluding hydrogens is 295 g/mol. The number of hydrogen-bond donors (Lipinski definition) is 1. The van der Waals surface area contributed by atoms with E-state index in [-0.39, 0.29) is 13.2 Å². The van der Waals surface area contributed by atoms with Gasteiger partial charge in [0.05, 0.1) is 6.54 Å². The summed E-state index contributed by atoms with van der Waals surface area (Å²) < 4.78 is 41.3. The lowest BCUT2D eigenvalue weighted by atomic mass is 10.0. The average molecular weight is 317 g/mol. The minimum atomic E-state index is -4.85. The number of benzene rings is 1. The maximum absolute atomic E-state index is 12.0. The van der Waals surface area contributed by atoms with Crippen molar-refractivity contribution in [1.82, 2.24) is 5.32 Å². The van der Waals surface area contributed by atoms with Gasteiger partial charge in [-0.15, -0.1) is 0 Å². The smallest absolute Gasteiger partial charge is 0.471 e. The summed E-state index contributed by atoms with van der Waals surface area (Å²) >= 11 is 0. The van der Waals surface area contributed by atoms with Gasteiger partial charge in [-0.05, 0) is 36.5 Å². The molecule has 0 aliphatic heterocycles. The lowest BCUT2D eigenvalue weighted by Crippen LogP contribution is -2.38. The predicted molar refractivity (Wildman–Crippen MR) is 78.8 cm³/mol. The molecule has 1 rings (SSSR count). The average Bonchev–Trinajstić information content (AvgIpc) is 2.42. The Balaban J connectivity index is 2.33. The van der Waals surface area contributed by atoms with E-state index < -0.39 is 12.1 Å². The van der Waals surface area contributed by atoms with Crippen LogP contribution >= 0.6 is 0 Å². The second kappa shape index (κ2) is 8.66. The van der Waals surface area contributed by atoms with Crippen molar-refractivity contribution in [2.75, 3.05) is 13.2 Å². The van der Waals surface area contributed by atoms with Crippen LogP contribution in [0.1, 0.15) is 32.3 Å². The van der Waals surface area contributed by atoms with Crippen LogP contribution in [-0.4, -0.2) is 25.2 Å². The van der Waals surface area contributed by atoms with Crippen molar-refractivity contribution in [2.24, 2.45) is 5.92 Å². The zero-order valence-corrected chi connectivity index (χ0v) is 12.9. The van der Waals surface area contributed by atoms with E-state index in [1.165, 1.54) is 0 Å².